The molecular formula is C14H19N5O. The van der Waals surface area contributed by atoms with E-state index in [0.29, 0.717) is 6.04 Å². The Morgan fingerprint density at radius 1 is 1.40 bits per heavy atom. The van der Waals surface area contributed by atoms with Crippen LogP contribution in [-0.2, 0) is 31.4 Å². The molecule has 2 aliphatic heterocycles. The van der Waals surface area contributed by atoms with E-state index >= 15 is 0 Å². The van der Waals surface area contributed by atoms with Gasteiger partial charge in [0.2, 0.25) is 0 Å². The molecule has 2 aromatic heterocycles. The van der Waals surface area contributed by atoms with Gasteiger partial charge in [-0.3, -0.25) is 14.3 Å². The maximum atomic E-state index is 5.51. The predicted molar refractivity (Wildman–Crippen MR) is 73.0 cm³/mol. The van der Waals surface area contributed by atoms with Crippen molar-refractivity contribution in [2.45, 2.75) is 32.1 Å². The van der Waals surface area contributed by atoms with E-state index in [-0.39, 0.29) is 0 Å². The van der Waals surface area contributed by atoms with Crippen LogP contribution in [0.15, 0.2) is 18.5 Å². The normalized spacial score (nSPS) is 22.6. The third kappa shape index (κ3) is 1.96. The molecule has 1 fully saturated rings. The fraction of sp³-hybridized carbons (Fsp3) is 0.571. The third-order valence-corrected chi connectivity index (χ3v) is 4.37. The lowest BCUT2D eigenvalue weighted by Gasteiger charge is -2.21. The minimum atomic E-state index is 0.569. The smallest absolute Gasteiger partial charge is 0.0887 e. The molecule has 0 aliphatic carbocycles. The van der Waals surface area contributed by atoms with Crippen LogP contribution in [0.1, 0.15) is 23.4 Å². The summed E-state index contributed by atoms with van der Waals surface area (Å²) in [7, 11) is 2.04. The Hall–Kier alpha value is -1.66. The first-order valence-electron chi connectivity index (χ1n) is 7.14. The summed E-state index contributed by atoms with van der Waals surface area (Å²) in [5.41, 5.74) is 3.88. The second kappa shape index (κ2) is 4.71. The first kappa shape index (κ1) is 12.1. The lowest BCUT2D eigenvalue weighted by molar-refractivity contribution is 0.141. The minimum Gasteiger partial charge on any atom is -0.380 e. The summed E-state index contributed by atoms with van der Waals surface area (Å²) in [5.74, 6) is 0. The van der Waals surface area contributed by atoms with Crippen molar-refractivity contribution in [2.24, 2.45) is 7.05 Å². The van der Waals surface area contributed by atoms with Gasteiger partial charge in [-0.15, -0.1) is 0 Å². The SMILES string of the molecule is Cn1nc(Cn2cccn2)c2c1CN([C@H]1CCOC1)C2. The highest BCUT2D eigenvalue weighted by molar-refractivity contribution is 5.30. The van der Waals surface area contributed by atoms with Gasteiger partial charge in [0, 0.05) is 50.7 Å². The van der Waals surface area contributed by atoms with Gasteiger partial charge < -0.3 is 4.74 Å². The Balaban J connectivity index is 1.58. The van der Waals surface area contributed by atoms with Crippen molar-refractivity contribution in [1.29, 1.82) is 0 Å². The summed E-state index contributed by atoms with van der Waals surface area (Å²) in [5, 5.41) is 8.94. The molecule has 0 N–H and O–H groups in total. The largest absolute Gasteiger partial charge is 0.380 e. The van der Waals surface area contributed by atoms with E-state index in [1.165, 1.54) is 11.3 Å². The number of hydrogen-bond acceptors (Lipinski definition) is 4. The minimum absolute atomic E-state index is 0.569. The average molecular weight is 273 g/mol. The first-order valence-corrected chi connectivity index (χ1v) is 7.14. The number of aryl methyl sites for hydroxylation is 1. The van der Waals surface area contributed by atoms with Crippen molar-refractivity contribution in [1.82, 2.24) is 24.5 Å². The van der Waals surface area contributed by atoms with Gasteiger partial charge in [0.05, 0.1) is 24.5 Å². The number of ether oxygens (including phenoxy) is 1. The quantitative estimate of drug-likeness (QED) is 0.829. The molecule has 1 atom stereocenters. The highest BCUT2D eigenvalue weighted by Gasteiger charge is 2.32. The monoisotopic (exact) mass is 273 g/mol. The standard InChI is InChI=1S/C14H19N5O/c1-17-14-9-18(11-3-6-20-10-11)7-12(14)13(16-17)8-19-5-2-4-15-19/h2,4-5,11H,3,6-10H2,1H3/t11-/m0/s1. The van der Waals surface area contributed by atoms with Crippen molar-refractivity contribution in [2.75, 3.05) is 13.2 Å². The first-order chi connectivity index (χ1) is 9.81. The molecule has 0 unspecified atom stereocenters. The molecule has 0 bridgehead atoms. The summed E-state index contributed by atoms with van der Waals surface area (Å²) >= 11 is 0. The van der Waals surface area contributed by atoms with Gasteiger partial charge in [-0.25, -0.2) is 0 Å². The zero-order valence-corrected chi connectivity index (χ0v) is 11.7. The molecule has 0 aromatic carbocycles. The number of rotatable bonds is 3. The van der Waals surface area contributed by atoms with E-state index in [0.717, 1.165) is 45.0 Å². The van der Waals surface area contributed by atoms with Gasteiger partial charge >= 0.3 is 0 Å². The molecule has 0 spiro atoms. The molecule has 2 aliphatic rings. The van der Waals surface area contributed by atoms with Gasteiger partial charge in [-0.05, 0) is 12.5 Å². The lowest BCUT2D eigenvalue weighted by atomic mass is 10.2. The summed E-state index contributed by atoms with van der Waals surface area (Å²) in [6.45, 7) is 4.51. The zero-order chi connectivity index (χ0) is 13.5. The molecule has 20 heavy (non-hydrogen) atoms. The zero-order valence-electron chi connectivity index (χ0n) is 11.7. The molecule has 0 saturated carbocycles. The van der Waals surface area contributed by atoms with Crippen LogP contribution in [0.25, 0.3) is 0 Å². The third-order valence-electron chi connectivity index (χ3n) is 4.37. The number of fused-ring (bicyclic) bond motifs is 1. The molecule has 6 nitrogen and oxygen atoms in total. The van der Waals surface area contributed by atoms with Gasteiger partial charge in [-0.1, -0.05) is 0 Å². The van der Waals surface area contributed by atoms with E-state index in [2.05, 4.69) is 15.1 Å². The Labute approximate surface area is 117 Å². The van der Waals surface area contributed by atoms with E-state index in [1.54, 1.807) is 0 Å². The Kier molecular flexibility index (Phi) is 2.85. The summed E-state index contributed by atoms with van der Waals surface area (Å²) in [4.78, 5) is 2.52. The number of aromatic nitrogens is 4. The summed E-state index contributed by atoms with van der Waals surface area (Å²) < 4.78 is 9.48. The van der Waals surface area contributed by atoms with E-state index < -0.39 is 0 Å². The molecular weight excluding hydrogens is 254 g/mol. The van der Waals surface area contributed by atoms with Crippen LogP contribution in [0.2, 0.25) is 0 Å². The Morgan fingerprint density at radius 2 is 2.35 bits per heavy atom. The maximum Gasteiger partial charge on any atom is 0.0887 e. The molecule has 2 aromatic rings. The van der Waals surface area contributed by atoms with Crippen molar-refractivity contribution in [3.63, 3.8) is 0 Å². The Morgan fingerprint density at radius 3 is 3.10 bits per heavy atom. The van der Waals surface area contributed by atoms with Gasteiger partial charge in [0.25, 0.3) is 0 Å². The lowest BCUT2D eigenvalue weighted by Crippen LogP contribution is -2.31. The highest BCUT2D eigenvalue weighted by atomic mass is 16.5. The molecule has 4 heterocycles. The van der Waals surface area contributed by atoms with E-state index in [4.69, 9.17) is 4.74 Å². The van der Waals surface area contributed by atoms with Crippen LogP contribution in [0.5, 0.6) is 0 Å². The fourth-order valence-electron chi connectivity index (χ4n) is 3.24. The molecule has 6 heteroatoms. The van der Waals surface area contributed by atoms with Crippen molar-refractivity contribution in [3.8, 4) is 0 Å². The second-order valence-electron chi connectivity index (χ2n) is 5.62. The molecule has 0 amide bonds. The van der Waals surface area contributed by atoms with Gasteiger partial charge in [0.15, 0.2) is 0 Å². The van der Waals surface area contributed by atoms with E-state index in [9.17, 15) is 0 Å². The molecule has 1 saturated heterocycles. The van der Waals surface area contributed by atoms with Gasteiger partial charge in [-0.2, -0.15) is 10.2 Å². The van der Waals surface area contributed by atoms with Crippen molar-refractivity contribution < 1.29 is 4.74 Å². The fourth-order valence-corrected chi connectivity index (χ4v) is 3.24. The second-order valence-corrected chi connectivity index (χ2v) is 5.62. The van der Waals surface area contributed by atoms with Crippen LogP contribution in [0, 0.1) is 0 Å². The summed E-state index contributed by atoms with van der Waals surface area (Å²) in [6, 6.07) is 2.52. The van der Waals surface area contributed by atoms with Crippen LogP contribution in [0.3, 0.4) is 0 Å². The number of hydrogen-bond donors (Lipinski definition) is 0. The van der Waals surface area contributed by atoms with Crippen LogP contribution >= 0.6 is 0 Å². The average Bonchev–Trinajstić information content (AvgIpc) is 3.18. The number of nitrogens with zero attached hydrogens (tertiary/aromatic N) is 5. The predicted octanol–water partition coefficient (Wildman–Crippen LogP) is 0.769. The summed E-state index contributed by atoms with van der Waals surface area (Å²) in [6.07, 6.45) is 4.94. The molecule has 106 valence electrons. The van der Waals surface area contributed by atoms with E-state index in [1.807, 2.05) is 34.9 Å². The van der Waals surface area contributed by atoms with Crippen LogP contribution in [0.4, 0.5) is 0 Å². The van der Waals surface area contributed by atoms with Crippen LogP contribution < -0.4 is 0 Å². The van der Waals surface area contributed by atoms with Crippen LogP contribution in [-0.4, -0.2) is 43.7 Å². The Bertz CT molecular complexity index is 597. The van der Waals surface area contributed by atoms with Crippen molar-refractivity contribution >= 4 is 0 Å². The highest BCUT2D eigenvalue weighted by Crippen LogP contribution is 2.29. The molecule has 0 radical (unpaired) electrons. The maximum absolute atomic E-state index is 5.51. The molecule has 4 rings (SSSR count). The van der Waals surface area contributed by atoms with Gasteiger partial charge in [0.1, 0.15) is 0 Å². The van der Waals surface area contributed by atoms with Crippen molar-refractivity contribution in [3.05, 3.63) is 35.4 Å². The topological polar surface area (TPSA) is 48.1 Å².